The highest BCUT2D eigenvalue weighted by Crippen LogP contribution is 2.25. The smallest absolute Gasteiger partial charge is 0.310 e. The third-order valence-electron chi connectivity index (χ3n) is 2.24. The van der Waals surface area contributed by atoms with Crippen LogP contribution in [0.5, 0.6) is 5.75 Å². The van der Waals surface area contributed by atoms with Crippen LogP contribution in [0.4, 0.5) is 5.69 Å². The molecule has 0 fully saturated rings. The number of rotatable bonds is 8. The average Bonchev–Trinajstić information content (AvgIpc) is 2.34. The number of hydrogen-bond acceptors (Lipinski definition) is 4. The molecule has 0 atom stereocenters. The maximum atomic E-state index is 10.7. The molecule has 0 saturated carbocycles. The molecule has 0 aliphatic rings. The molecule has 5 heteroatoms. The van der Waals surface area contributed by atoms with E-state index < -0.39 is 4.92 Å². The minimum absolute atomic E-state index is 0.0222. The van der Waals surface area contributed by atoms with Gasteiger partial charge in [0.05, 0.1) is 11.5 Å². The van der Waals surface area contributed by atoms with Gasteiger partial charge in [-0.05, 0) is 32.0 Å². The number of hydrogen-bond donors (Lipinski definition) is 1. The molecule has 0 aliphatic carbocycles. The molecule has 0 unspecified atom stereocenters. The van der Waals surface area contributed by atoms with Gasteiger partial charge in [-0.1, -0.05) is 19.1 Å². The van der Waals surface area contributed by atoms with Gasteiger partial charge in [-0.25, -0.2) is 0 Å². The zero-order valence-corrected chi connectivity index (χ0v) is 10.0. The highest BCUT2D eigenvalue weighted by atomic mass is 16.6. The van der Waals surface area contributed by atoms with E-state index in [1.165, 1.54) is 6.07 Å². The summed E-state index contributed by atoms with van der Waals surface area (Å²) in [6, 6.07) is 6.44. The third-order valence-corrected chi connectivity index (χ3v) is 2.24. The summed E-state index contributed by atoms with van der Waals surface area (Å²) in [5.41, 5.74) is 0.0222. The Hall–Kier alpha value is -1.62. The second-order valence-corrected chi connectivity index (χ2v) is 3.68. The van der Waals surface area contributed by atoms with Crippen LogP contribution in [0, 0.1) is 10.1 Å². The SMILES string of the molecule is CCCNCCCOc1ccccc1[N+](=O)[O-]. The number of nitrogens with one attached hydrogen (secondary N) is 1. The van der Waals surface area contributed by atoms with Crippen molar-refractivity contribution in [2.75, 3.05) is 19.7 Å². The van der Waals surface area contributed by atoms with Crippen LogP contribution < -0.4 is 10.1 Å². The van der Waals surface area contributed by atoms with E-state index in [-0.39, 0.29) is 5.69 Å². The van der Waals surface area contributed by atoms with E-state index >= 15 is 0 Å². The first-order valence-electron chi connectivity index (χ1n) is 5.82. The molecule has 1 N–H and O–H groups in total. The minimum Gasteiger partial charge on any atom is -0.487 e. The van der Waals surface area contributed by atoms with Gasteiger partial charge in [-0.3, -0.25) is 10.1 Å². The molecule has 0 spiro atoms. The van der Waals surface area contributed by atoms with Crippen LogP contribution in [0.25, 0.3) is 0 Å². The molecule has 0 radical (unpaired) electrons. The van der Waals surface area contributed by atoms with Crippen LogP contribution >= 0.6 is 0 Å². The molecular formula is C12H18N2O3. The number of para-hydroxylation sites is 2. The maximum absolute atomic E-state index is 10.7. The molecule has 0 aliphatic heterocycles. The van der Waals surface area contributed by atoms with Crippen LogP contribution in [0.3, 0.4) is 0 Å². The monoisotopic (exact) mass is 238 g/mol. The molecule has 0 amide bonds. The van der Waals surface area contributed by atoms with Crippen LogP contribution in [0.1, 0.15) is 19.8 Å². The first-order chi connectivity index (χ1) is 8.25. The lowest BCUT2D eigenvalue weighted by atomic mass is 10.3. The fourth-order valence-corrected chi connectivity index (χ4v) is 1.41. The Kier molecular flexibility index (Phi) is 6.03. The van der Waals surface area contributed by atoms with Crippen molar-refractivity contribution in [2.24, 2.45) is 0 Å². The van der Waals surface area contributed by atoms with E-state index in [0.717, 1.165) is 25.9 Å². The lowest BCUT2D eigenvalue weighted by Gasteiger charge is -2.06. The van der Waals surface area contributed by atoms with Gasteiger partial charge in [0.1, 0.15) is 0 Å². The molecule has 1 aromatic rings. The van der Waals surface area contributed by atoms with E-state index in [1.807, 2.05) is 0 Å². The van der Waals surface area contributed by atoms with E-state index in [9.17, 15) is 10.1 Å². The normalized spacial score (nSPS) is 10.2. The zero-order chi connectivity index (χ0) is 12.5. The topological polar surface area (TPSA) is 64.4 Å². The van der Waals surface area contributed by atoms with Crippen molar-refractivity contribution in [2.45, 2.75) is 19.8 Å². The standard InChI is InChI=1S/C12H18N2O3/c1-2-8-13-9-5-10-17-12-7-4-3-6-11(12)14(15)16/h3-4,6-7,13H,2,5,8-10H2,1H3. The Bertz CT molecular complexity index is 355. The predicted molar refractivity (Wildman–Crippen MR) is 66.4 cm³/mol. The van der Waals surface area contributed by atoms with Crippen LogP contribution in [-0.4, -0.2) is 24.6 Å². The summed E-state index contributed by atoms with van der Waals surface area (Å²) in [5, 5.41) is 14.0. The van der Waals surface area contributed by atoms with E-state index in [2.05, 4.69) is 12.2 Å². The summed E-state index contributed by atoms with van der Waals surface area (Å²) >= 11 is 0. The van der Waals surface area contributed by atoms with E-state index in [1.54, 1.807) is 18.2 Å². The summed E-state index contributed by atoms with van der Waals surface area (Å²) < 4.78 is 5.40. The highest BCUT2D eigenvalue weighted by molar-refractivity contribution is 5.45. The second-order valence-electron chi connectivity index (χ2n) is 3.68. The summed E-state index contributed by atoms with van der Waals surface area (Å²) in [5.74, 6) is 0.341. The molecule has 94 valence electrons. The number of nitro groups is 1. The number of nitro benzene ring substituents is 1. The van der Waals surface area contributed by atoms with Gasteiger partial charge < -0.3 is 10.1 Å². The molecule has 1 aromatic carbocycles. The Morgan fingerprint density at radius 3 is 2.82 bits per heavy atom. The minimum atomic E-state index is -0.426. The van der Waals surface area contributed by atoms with E-state index in [4.69, 9.17) is 4.74 Å². The lowest BCUT2D eigenvalue weighted by Crippen LogP contribution is -2.18. The van der Waals surface area contributed by atoms with Gasteiger partial charge in [-0.15, -0.1) is 0 Å². The molecule has 0 aromatic heterocycles. The molecule has 5 nitrogen and oxygen atoms in total. The van der Waals surface area contributed by atoms with Crippen molar-refractivity contribution >= 4 is 5.69 Å². The number of ether oxygens (including phenoxy) is 1. The van der Waals surface area contributed by atoms with Gasteiger partial charge in [0.2, 0.25) is 0 Å². The first-order valence-corrected chi connectivity index (χ1v) is 5.82. The fraction of sp³-hybridized carbons (Fsp3) is 0.500. The summed E-state index contributed by atoms with van der Waals surface area (Å²) in [6.07, 6.45) is 1.94. The number of nitrogens with zero attached hydrogens (tertiary/aromatic N) is 1. The number of benzene rings is 1. The molecular weight excluding hydrogens is 220 g/mol. The van der Waals surface area contributed by atoms with Crippen LogP contribution in [-0.2, 0) is 0 Å². The van der Waals surface area contributed by atoms with Crippen molar-refractivity contribution in [3.05, 3.63) is 34.4 Å². The maximum Gasteiger partial charge on any atom is 0.310 e. The molecule has 1 rings (SSSR count). The second kappa shape index (κ2) is 7.62. The highest BCUT2D eigenvalue weighted by Gasteiger charge is 2.12. The summed E-state index contributed by atoms with van der Waals surface area (Å²) in [4.78, 5) is 10.3. The molecule has 0 bridgehead atoms. The first kappa shape index (κ1) is 13.4. The van der Waals surface area contributed by atoms with Crippen molar-refractivity contribution < 1.29 is 9.66 Å². The van der Waals surface area contributed by atoms with Gasteiger partial charge in [-0.2, -0.15) is 0 Å². The molecule has 0 saturated heterocycles. The third kappa shape index (κ3) is 4.82. The van der Waals surface area contributed by atoms with Crippen LogP contribution in [0.15, 0.2) is 24.3 Å². The van der Waals surface area contributed by atoms with Crippen molar-refractivity contribution in [3.8, 4) is 5.75 Å². The Morgan fingerprint density at radius 2 is 2.12 bits per heavy atom. The Morgan fingerprint density at radius 1 is 1.35 bits per heavy atom. The fourth-order valence-electron chi connectivity index (χ4n) is 1.41. The zero-order valence-electron chi connectivity index (χ0n) is 10.0. The summed E-state index contributed by atoms with van der Waals surface area (Å²) in [6.45, 7) is 4.46. The van der Waals surface area contributed by atoms with E-state index in [0.29, 0.717) is 12.4 Å². The van der Waals surface area contributed by atoms with Crippen molar-refractivity contribution in [3.63, 3.8) is 0 Å². The van der Waals surface area contributed by atoms with Gasteiger partial charge in [0.15, 0.2) is 5.75 Å². The van der Waals surface area contributed by atoms with Gasteiger partial charge >= 0.3 is 5.69 Å². The average molecular weight is 238 g/mol. The largest absolute Gasteiger partial charge is 0.487 e. The van der Waals surface area contributed by atoms with Gasteiger partial charge in [0.25, 0.3) is 0 Å². The molecule has 0 heterocycles. The molecule has 17 heavy (non-hydrogen) atoms. The van der Waals surface area contributed by atoms with Crippen LogP contribution in [0.2, 0.25) is 0 Å². The summed E-state index contributed by atoms with van der Waals surface area (Å²) in [7, 11) is 0. The lowest BCUT2D eigenvalue weighted by molar-refractivity contribution is -0.385. The van der Waals surface area contributed by atoms with Gasteiger partial charge in [0, 0.05) is 6.07 Å². The predicted octanol–water partition coefficient (Wildman–Crippen LogP) is 2.36. The Labute approximate surface area is 101 Å². The van der Waals surface area contributed by atoms with Crippen molar-refractivity contribution in [1.82, 2.24) is 5.32 Å². The quantitative estimate of drug-likeness (QED) is 0.429. The Balaban J connectivity index is 2.34. The van der Waals surface area contributed by atoms with Crippen molar-refractivity contribution in [1.29, 1.82) is 0 Å².